The molecule has 94 valence electrons. The Hall–Kier alpha value is -1.26. The van der Waals surface area contributed by atoms with Gasteiger partial charge in [0.1, 0.15) is 11.0 Å². The van der Waals surface area contributed by atoms with Crippen molar-refractivity contribution in [1.82, 2.24) is 4.98 Å². The predicted molar refractivity (Wildman–Crippen MR) is 79.9 cm³/mol. The second kappa shape index (κ2) is 5.59. The van der Waals surface area contributed by atoms with Crippen LogP contribution >= 0.6 is 27.5 Å². The van der Waals surface area contributed by atoms with Crippen molar-refractivity contribution in [2.75, 3.05) is 17.7 Å². The molecule has 0 aliphatic carbocycles. The SMILES string of the molecule is CN(Cc1ccccc1Br)c1cc(N)cc(Cl)n1. The minimum Gasteiger partial charge on any atom is -0.399 e. The van der Waals surface area contributed by atoms with Crippen LogP contribution in [0.4, 0.5) is 11.5 Å². The monoisotopic (exact) mass is 325 g/mol. The quantitative estimate of drug-likeness (QED) is 0.874. The van der Waals surface area contributed by atoms with Crippen molar-refractivity contribution in [3.8, 4) is 0 Å². The van der Waals surface area contributed by atoms with Gasteiger partial charge in [0.2, 0.25) is 0 Å². The third kappa shape index (κ3) is 3.15. The van der Waals surface area contributed by atoms with Crippen LogP contribution in [0.1, 0.15) is 5.56 Å². The average molecular weight is 327 g/mol. The fraction of sp³-hybridized carbons (Fsp3) is 0.154. The molecule has 18 heavy (non-hydrogen) atoms. The van der Waals surface area contributed by atoms with Gasteiger partial charge in [0.05, 0.1) is 0 Å². The summed E-state index contributed by atoms with van der Waals surface area (Å²) in [5.74, 6) is 0.760. The summed E-state index contributed by atoms with van der Waals surface area (Å²) in [5, 5.41) is 0.406. The van der Waals surface area contributed by atoms with Crippen molar-refractivity contribution in [3.63, 3.8) is 0 Å². The highest BCUT2D eigenvalue weighted by atomic mass is 79.9. The number of pyridine rings is 1. The molecule has 0 radical (unpaired) electrons. The molecule has 5 heteroatoms. The molecule has 2 rings (SSSR count). The van der Waals surface area contributed by atoms with Crippen molar-refractivity contribution < 1.29 is 0 Å². The van der Waals surface area contributed by atoms with E-state index in [-0.39, 0.29) is 0 Å². The number of nitrogens with zero attached hydrogens (tertiary/aromatic N) is 2. The Morgan fingerprint density at radius 3 is 2.72 bits per heavy atom. The summed E-state index contributed by atoms with van der Waals surface area (Å²) in [4.78, 5) is 6.26. The zero-order valence-corrected chi connectivity index (χ0v) is 12.2. The number of rotatable bonds is 3. The molecule has 0 aliphatic rings. The maximum atomic E-state index is 5.90. The fourth-order valence-corrected chi connectivity index (χ4v) is 2.28. The van der Waals surface area contributed by atoms with Gasteiger partial charge in [0.15, 0.2) is 0 Å². The minimum absolute atomic E-state index is 0.406. The van der Waals surface area contributed by atoms with Crippen molar-refractivity contribution in [2.24, 2.45) is 0 Å². The minimum atomic E-state index is 0.406. The van der Waals surface area contributed by atoms with Crippen LogP contribution in [-0.4, -0.2) is 12.0 Å². The van der Waals surface area contributed by atoms with Gasteiger partial charge in [-0.1, -0.05) is 45.7 Å². The molecule has 0 fully saturated rings. The van der Waals surface area contributed by atoms with Crippen molar-refractivity contribution >= 4 is 39.0 Å². The molecule has 0 bridgehead atoms. The largest absolute Gasteiger partial charge is 0.399 e. The average Bonchev–Trinajstić information content (AvgIpc) is 2.31. The maximum Gasteiger partial charge on any atom is 0.133 e. The first-order valence-corrected chi connectivity index (χ1v) is 6.61. The molecule has 2 aromatic rings. The molecule has 1 aromatic carbocycles. The van der Waals surface area contributed by atoms with Crippen molar-refractivity contribution in [2.45, 2.75) is 6.54 Å². The van der Waals surface area contributed by atoms with E-state index in [0.717, 1.165) is 16.8 Å². The number of benzene rings is 1. The highest BCUT2D eigenvalue weighted by Crippen LogP contribution is 2.22. The lowest BCUT2D eigenvalue weighted by molar-refractivity contribution is 0.895. The van der Waals surface area contributed by atoms with Gasteiger partial charge in [-0.15, -0.1) is 0 Å². The van der Waals surface area contributed by atoms with E-state index in [2.05, 4.69) is 27.0 Å². The zero-order chi connectivity index (χ0) is 13.1. The van der Waals surface area contributed by atoms with Gasteiger partial charge in [-0.2, -0.15) is 0 Å². The van der Waals surface area contributed by atoms with Gasteiger partial charge < -0.3 is 10.6 Å². The topological polar surface area (TPSA) is 42.1 Å². The molecule has 1 heterocycles. The van der Waals surface area contributed by atoms with E-state index in [1.165, 1.54) is 5.56 Å². The molecule has 0 atom stereocenters. The Kier molecular flexibility index (Phi) is 4.09. The Morgan fingerprint density at radius 2 is 2.06 bits per heavy atom. The summed E-state index contributed by atoms with van der Waals surface area (Å²) in [6, 6.07) is 11.5. The van der Waals surface area contributed by atoms with Crippen LogP contribution in [0.3, 0.4) is 0 Å². The number of halogens is 2. The summed E-state index contributed by atoms with van der Waals surface area (Å²) < 4.78 is 1.08. The van der Waals surface area contributed by atoms with E-state index >= 15 is 0 Å². The van der Waals surface area contributed by atoms with Gasteiger partial charge in [0, 0.05) is 29.8 Å². The number of nitrogen functional groups attached to an aromatic ring is 1. The van der Waals surface area contributed by atoms with Gasteiger partial charge in [-0.3, -0.25) is 0 Å². The smallest absolute Gasteiger partial charge is 0.133 e. The Bertz CT molecular complexity index is 539. The van der Waals surface area contributed by atoms with Crippen molar-refractivity contribution in [1.29, 1.82) is 0 Å². The Labute approximate surface area is 120 Å². The normalized spacial score (nSPS) is 10.4. The third-order valence-electron chi connectivity index (χ3n) is 2.56. The van der Waals surface area contributed by atoms with Crippen molar-refractivity contribution in [3.05, 3.63) is 51.6 Å². The molecular weight excluding hydrogens is 314 g/mol. The number of anilines is 2. The van der Waals surface area contributed by atoms with Crippen LogP contribution < -0.4 is 10.6 Å². The van der Waals surface area contributed by atoms with Gasteiger partial charge >= 0.3 is 0 Å². The lowest BCUT2D eigenvalue weighted by atomic mass is 10.2. The second-order valence-electron chi connectivity index (χ2n) is 4.03. The summed E-state index contributed by atoms with van der Waals surface area (Å²) in [7, 11) is 1.96. The highest BCUT2D eigenvalue weighted by Gasteiger charge is 2.07. The van der Waals surface area contributed by atoms with E-state index in [1.807, 2.05) is 36.2 Å². The Morgan fingerprint density at radius 1 is 1.33 bits per heavy atom. The van der Waals surface area contributed by atoms with E-state index in [9.17, 15) is 0 Å². The second-order valence-corrected chi connectivity index (χ2v) is 5.27. The number of hydrogen-bond donors (Lipinski definition) is 1. The maximum absolute atomic E-state index is 5.90. The molecule has 0 spiro atoms. The molecule has 0 amide bonds. The molecule has 0 aliphatic heterocycles. The number of aromatic nitrogens is 1. The predicted octanol–water partition coefficient (Wildman–Crippen LogP) is 3.72. The lowest BCUT2D eigenvalue weighted by Crippen LogP contribution is -2.18. The molecule has 1 aromatic heterocycles. The van der Waals surface area contributed by atoms with E-state index in [4.69, 9.17) is 17.3 Å². The van der Waals surface area contributed by atoms with Crippen LogP contribution in [0.2, 0.25) is 5.15 Å². The van der Waals surface area contributed by atoms with Crippen LogP contribution in [0, 0.1) is 0 Å². The Balaban J connectivity index is 2.22. The van der Waals surface area contributed by atoms with Gasteiger partial charge in [0.25, 0.3) is 0 Å². The number of nitrogens with two attached hydrogens (primary N) is 1. The fourth-order valence-electron chi connectivity index (χ4n) is 1.66. The zero-order valence-electron chi connectivity index (χ0n) is 9.90. The van der Waals surface area contributed by atoms with Crippen LogP contribution in [-0.2, 0) is 6.54 Å². The molecular formula is C13H13BrClN3. The van der Waals surface area contributed by atoms with Crippen LogP contribution in [0.25, 0.3) is 0 Å². The van der Waals surface area contributed by atoms with E-state index in [0.29, 0.717) is 10.8 Å². The molecule has 0 saturated heterocycles. The van der Waals surface area contributed by atoms with Gasteiger partial charge in [-0.05, 0) is 17.7 Å². The van der Waals surface area contributed by atoms with Gasteiger partial charge in [-0.25, -0.2) is 4.98 Å². The summed E-state index contributed by atoms with van der Waals surface area (Å²) >= 11 is 9.43. The standard InChI is InChI=1S/C13H13BrClN3/c1-18(8-9-4-2-3-5-11(9)14)13-7-10(16)6-12(15)17-13/h2-7H,8H2,1H3,(H2,16,17). The summed E-state index contributed by atoms with van der Waals surface area (Å²) in [5.41, 5.74) is 7.56. The molecule has 0 saturated carbocycles. The summed E-state index contributed by atoms with van der Waals surface area (Å²) in [6.45, 7) is 0.730. The first-order chi connectivity index (χ1) is 8.56. The number of hydrogen-bond acceptors (Lipinski definition) is 3. The molecule has 3 nitrogen and oxygen atoms in total. The van der Waals surface area contributed by atoms with E-state index < -0.39 is 0 Å². The lowest BCUT2D eigenvalue weighted by Gasteiger charge is -2.19. The molecule has 0 unspecified atom stereocenters. The molecule has 2 N–H and O–H groups in total. The first-order valence-electron chi connectivity index (χ1n) is 5.44. The van der Waals surface area contributed by atoms with Crippen LogP contribution in [0.15, 0.2) is 40.9 Å². The van der Waals surface area contributed by atoms with Crippen LogP contribution in [0.5, 0.6) is 0 Å². The summed E-state index contributed by atoms with van der Waals surface area (Å²) in [6.07, 6.45) is 0. The third-order valence-corrected chi connectivity index (χ3v) is 3.53. The van der Waals surface area contributed by atoms with E-state index in [1.54, 1.807) is 6.07 Å². The first kappa shape index (κ1) is 13.2. The highest BCUT2D eigenvalue weighted by molar-refractivity contribution is 9.10.